The number of carboxylic acids is 1. The van der Waals surface area contributed by atoms with Gasteiger partial charge in [0, 0.05) is 6.42 Å². The van der Waals surface area contributed by atoms with E-state index in [1.54, 1.807) is 13.8 Å². The van der Waals surface area contributed by atoms with Gasteiger partial charge in [-0.25, -0.2) is 4.39 Å². The van der Waals surface area contributed by atoms with Gasteiger partial charge in [0.2, 0.25) is 5.91 Å². The number of carbonyl (C=O) groups excluding carboxylic acids is 1. The van der Waals surface area contributed by atoms with E-state index in [4.69, 9.17) is 16.7 Å². The van der Waals surface area contributed by atoms with E-state index in [0.29, 0.717) is 0 Å². The fourth-order valence-electron chi connectivity index (χ4n) is 1.70. The monoisotopic (exact) mass is 287 g/mol. The smallest absolute Gasteiger partial charge is 0.303 e. The summed E-state index contributed by atoms with van der Waals surface area (Å²) >= 11 is 5.60. The van der Waals surface area contributed by atoms with Crippen molar-refractivity contribution in [2.45, 2.75) is 26.7 Å². The van der Waals surface area contributed by atoms with E-state index in [2.05, 4.69) is 5.32 Å². The number of benzene rings is 1. The van der Waals surface area contributed by atoms with Gasteiger partial charge in [-0.2, -0.15) is 0 Å². The lowest BCUT2D eigenvalue weighted by atomic mass is 9.85. The van der Waals surface area contributed by atoms with Gasteiger partial charge in [0.1, 0.15) is 0 Å². The number of hydrogen-bond acceptors (Lipinski definition) is 2. The van der Waals surface area contributed by atoms with Gasteiger partial charge in [0.25, 0.3) is 0 Å². The highest BCUT2D eigenvalue weighted by atomic mass is 35.5. The van der Waals surface area contributed by atoms with Gasteiger partial charge in [-0.1, -0.05) is 31.5 Å². The number of carbonyl (C=O) groups is 2. The number of aliphatic carboxylic acids is 1. The molecule has 0 heterocycles. The Kier molecular flexibility index (Phi) is 4.89. The third kappa shape index (κ3) is 4.87. The predicted molar refractivity (Wildman–Crippen MR) is 70.7 cm³/mol. The van der Waals surface area contributed by atoms with Crippen molar-refractivity contribution in [1.82, 2.24) is 0 Å². The summed E-state index contributed by atoms with van der Waals surface area (Å²) in [6.45, 7) is 3.32. The lowest BCUT2D eigenvalue weighted by Crippen LogP contribution is -2.25. The van der Waals surface area contributed by atoms with E-state index in [0.717, 1.165) is 0 Å². The normalized spacial score (nSPS) is 11.2. The first kappa shape index (κ1) is 15.4. The minimum absolute atomic E-state index is 0.0105. The molecule has 2 N–H and O–H groups in total. The predicted octanol–water partition coefficient (Wildman–Crippen LogP) is 3.31. The van der Waals surface area contributed by atoms with E-state index >= 15 is 0 Å². The molecule has 1 rings (SSSR count). The van der Waals surface area contributed by atoms with Gasteiger partial charge in [-0.05, 0) is 17.5 Å². The largest absolute Gasteiger partial charge is 0.481 e. The molecule has 0 aliphatic rings. The molecule has 0 fully saturated rings. The average molecular weight is 288 g/mol. The van der Waals surface area contributed by atoms with Gasteiger partial charge in [0.15, 0.2) is 5.82 Å². The summed E-state index contributed by atoms with van der Waals surface area (Å²) in [6.07, 6.45) is -0.163. The van der Waals surface area contributed by atoms with E-state index in [9.17, 15) is 14.0 Å². The third-order valence-electron chi connectivity index (χ3n) is 2.49. The number of amides is 1. The van der Waals surface area contributed by atoms with Crippen molar-refractivity contribution in [3.63, 3.8) is 0 Å². The molecule has 104 valence electrons. The molecule has 4 nitrogen and oxygen atoms in total. The Bertz CT molecular complexity index is 503. The third-order valence-corrected chi connectivity index (χ3v) is 2.79. The Morgan fingerprint density at radius 3 is 2.58 bits per heavy atom. The fourth-order valence-corrected chi connectivity index (χ4v) is 1.88. The number of nitrogens with one attached hydrogen (secondary N) is 1. The molecule has 0 saturated carbocycles. The highest BCUT2D eigenvalue weighted by Crippen LogP contribution is 2.27. The van der Waals surface area contributed by atoms with Crippen molar-refractivity contribution in [3.05, 3.63) is 29.0 Å². The van der Waals surface area contributed by atoms with E-state index < -0.39 is 23.1 Å². The van der Waals surface area contributed by atoms with Crippen molar-refractivity contribution >= 4 is 29.2 Å². The maximum atomic E-state index is 13.6. The molecule has 0 aromatic heterocycles. The summed E-state index contributed by atoms with van der Waals surface area (Å²) in [7, 11) is 0. The second-order valence-corrected chi connectivity index (χ2v) is 5.47. The molecule has 1 aromatic carbocycles. The van der Waals surface area contributed by atoms with Gasteiger partial charge < -0.3 is 10.4 Å². The SMILES string of the molecule is CC(C)(CC(=O)O)CC(=O)Nc1cccc(Cl)c1F. The van der Waals surface area contributed by atoms with Crippen LogP contribution in [-0.2, 0) is 9.59 Å². The molecule has 0 saturated heterocycles. The molecule has 1 aromatic rings. The molecule has 19 heavy (non-hydrogen) atoms. The molecule has 0 aliphatic heterocycles. The molecule has 0 atom stereocenters. The van der Waals surface area contributed by atoms with Crippen LogP contribution >= 0.6 is 11.6 Å². The summed E-state index contributed by atoms with van der Waals surface area (Å²) in [5, 5.41) is 11.0. The first-order valence-electron chi connectivity index (χ1n) is 5.67. The van der Waals surface area contributed by atoms with Crippen molar-refractivity contribution in [2.24, 2.45) is 5.41 Å². The standard InChI is InChI=1S/C13H15ClFNO3/c1-13(2,7-11(18)19)6-10(17)16-9-5-3-4-8(14)12(9)15/h3-5H,6-7H2,1-2H3,(H,16,17)(H,18,19). The number of carboxylic acid groups (broad SMARTS) is 1. The molecule has 0 spiro atoms. The summed E-state index contributed by atoms with van der Waals surface area (Å²) in [4.78, 5) is 22.4. The summed E-state index contributed by atoms with van der Waals surface area (Å²) in [5.41, 5.74) is -0.714. The van der Waals surface area contributed by atoms with Crippen LogP contribution in [0.5, 0.6) is 0 Å². The van der Waals surface area contributed by atoms with Crippen LogP contribution in [0.15, 0.2) is 18.2 Å². The van der Waals surface area contributed by atoms with Crippen LogP contribution in [0, 0.1) is 11.2 Å². The van der Waals surface area contributed by atoms with Crippen molar-refractivity contribution < 1.29 is 19.1 Å². The number of hydrogen-bond donors (Lipinski definition) is 2. The molecule has 0 radical (unpaired) electrons. The molecular weight excluding hydrogens is 273 g/mol. The molecular formula is C13H15ClFNO3. The van der Waals surface area contributed by atoms with Crippen LogP contribution in [0.1, 0.15) is 26.7 Å². The second-order valence-electron chi connectivity index (χ2n) is 5.06. The second kappa shape index (κ2) is 6.02. The first-order chi connectivity index (χ1) is 8.71. The number of anilines is 1. The van der Waals surface area contributed by atoms with Crippen LogP contribution < -0.4 is 5.32 Å². The highest BCUT2D eigenvalue weighted by molar-refractivity contribution is 6.31. The van der Waals surface area contributed by atoms with Crippen LogP contribution in [-0.4, -0.2) is 17.0 Å². The zero-order valence-corrected chi connectivity index (χ0v) is 11.4. The van der Waals surface area contributed by atoms with Crippen molar-refractivity contribution in [2.75, 3.05) is 5.32 Å². The summed E-state index contributed by atoms with van der Waals surface area (Å²) in [6, 6.07) is 4.29. The Morgan fingerprint density at radius 1 is 1.37 bits per heavy atom. The number of rotatable bonds is 5. The molecule has 0 unspecified atom stereocenters. The summed E-state index contributed by atoms with van der Waals surface area (Å²) in [5.74, 6) is -2.13. The maximum Gasteiger partial charge on any atom is 0.303 e. The van der Waals surface area contributed by atoms with Gasteiger partial charge in [0.05, 0.1) is 17.1 Å². The lowest BCUT2D eigenvalue weighted by molar-refractivity contribution is -0.139. The van der Waals surface area contributed by atoms with Crippen LogP contribution in [0.3, 0.4) is 0 Å². The maximum absolute atomic E-state index is 13.6. The Labute approximate surface area is 115 Å². The average Bonchev–Trinajstić information content (AvgIpc) is 2.21. The quantitative estimate of drug-likeness (QED) is 0.873. The Balaban J connectivity index is 2.70. The number of halogens is 2. The van der Waals surface area contributed by atoms with Gasteiger partial charge >= 0.3 is 5.97 Å². The molecule has 1 amide bonds. The van der Waals surface area contributed by atoms with E-state index in [-0.39, 0.29) is 23.6 Å². The Morgan fingerprint density at radius 2 is 2.00 bits per heavy atom. The van der Waals surface area contributed by atoms with Crippen LogP contribution in [0.25, 0.3) is 0 Å². The highest BCUT2D eigenvalue weighted by Gasteiger charge is 2.25. The van der Waals surface area contributed by atoms with Crippen molar-refractivity contribution in [3.8, 4) is 0 Å². The van der Waals surface area contributed by atoms with Crippen LogP contribution in [0.2, 0.25) is 5.02 Å². The zero-order valence-electron chi connectivity index (χ0n) is 10.7. The van der Waals surface area contributed by atoms with Crippen molar-refractivity contribution in [1.29, 1.82) is 0 Å². The zero-order chi connectivity index (χ0) is 14.6. The van der Waals surface area contributed by atoms with Gasteiger partial charge in [-0.3, -0.25) is 9.59 Å². The first-order valence-corrected chi connectivity index (χ1v) is 6.05. The van der Waals surface area contributed by atoms with Crippen LogP contribution in [0.4, 0.5) is 10.1 Å². The minimum Gasteiger partial charge on any atom is -0.481 e. The Hall–Kier alpha value is -1.62. The molecule has 6 heteroatoms. The topological polar surface area (TPSA) is 66.4 Å². The summed E-state index contributed by atoms with van der Waals surface area (Å²) < 4.78 is 13.6. The molecule has 0 bridgehead atoms. The molecule has 0 aliphatic carbocycles. The lowest BCUT2D eigenvalue weighted by Gasteiger charge is -2.21. The van der Waals surface area contributed by atoms with Gasteiger partial charge in [-0.15, -0.1) is 0 Å². The fraction of sp³-hybridized carbons (Fsp3) is 0.385. The van der Waals surface area contributed by atoms with E-state index in [1.807, 2.05) is 0 Å². The minimum atomic E-state index is -0.980. The van der Waals surface area contributed by atoms with E-state index in [1.165, 1.54) is 18.2 Å².